The predicted octanol–water partition coefficient (Wildman–Crippen LogP) is 1.31. The van der Waals surface area contributed by atoms with Gasteiger partial charge >= 0.3 is 0 Å². The van der Waals surface area contributed by atoms with Gasteiger partial charge in [-0.1, -0.05) is 30.1 Å². The van der Waals surface area contributed by atoms with E-state index in [1.54, 1.807) is 12.1 Å². The summed E-state index contributed by atoms with van der Waals surface area (Å²) in [4.78, 5) is 0. The minimum Gasteiger partial charge on any atom is -0.409 e. The Morgan fingerprint density at radius 1 is 1.40 bits per heavy atom. The molecule has 1 aromatic carbocycles. The number of nitrogens with zero attached hydrogens (tertiary/aromatic N) is 1. The highest BCUT2D eigenvalue weighted by atomic mass is 19.1. The summed E-state index contributed by atoms with van der Waals surface area (Å²) in [5, 5.41) is 24.2. The first-order chi connectivity index (χ1) is 9.62. The van der Waals surface area contributed by atoms with E-state index >= 15 is 0 Å². The number of benzene rings is 1. The molecule has 2 rings (SSSR count). The second-order valence-electron chi connectivity index (χ2n) is 5.26. The molecule has 0 amide bonds. The lowest BCUT2D eigenvalue weighted by Gasteiger charge is -2.28. The average Bonchev–Trinajstić information content (AvgIpc) is 2.95. The summed E-state index contributed by atoms with van der Waals surface area (Å²) in [6.07, 6.45) is 3.93. The lowest BCUT2D eigenvalue weighted by molar-refractivity contribution is 0.162. The van der Waals surface area contributed by atoms with Crippen LogP contribution in [0.2, 0.25) is 0 Å². The fraction of sp³-hybridized carbons (Fsp3) is 0.500. The maximum atomic E-state index is 14.2. The van der Waals surface area contributed by atoms with Gasteiger partial charge in [-0.05, 0) is 18.9 Å². The molecule has 0 heterocycles. The van der Waals surface area contributed by atoms with Crippen LogP contribution in [0.15, 0.2) is 23.4 Å². The smallest absolute Gasteiger partial charge is 0.173 e. The summed E-state index contributed by atoms with van der Waals surface area (Å²) in [5.41, 5.74) is 5.65. The topological polar surface area (TPSA) is 90.9 Å². The van der Waals surface area contributed by atoms with Gasteiger partial charge in [-0.15, -0.1) is 0 Å². The van der Waals surface area contributed by atoms with Crippen molar-refractivity contribution in [1.82, 2.24) is 5.32 Å². The molecule has 1 aliphatic carbocycles. The van der Waals surface area contributed by atoms with Crippen LogP contribution in [0.3, 0.4) is 0 Å². The van der Waals surface area contributed by atoms with Gasteiger partial charge in [0.25, 0.3) is 0 Å². The molecule has 110 valence electrons. The van der Waals surface area contributed by atoms with Gasteiger partial charge in [-0.2, -0.15) is 0 Å². The van der Waals surface area contributed by atoms with Crippen LogP contribution in [0, 0.1) is 5.82 Å². The highest BCUT2D eigenvalue weighted by molar-refractivity contribution is 5.97. The molecule has 0 aliphatic heterocycles. The van der Waals surface area contributed by atoms with E-state index in [0.717, 1.165) is 25.7 Å². The molecular formula is C14H20FN3O2. The highest BCUT2D eigenvalue weighted by Crippen LogP contribution is 2.29. The molecule has 0 atom stereocenters. The number of aliphatic hydroxyl groups excluding tert-OH is 1. The molecule has 0 saturated heterocycles. The number of oxime groups is 1. The molecule has 0 radical (unpaired) electrons. The Morgan fingerprint density at radius 3 is 2.70 bits per heavy atom. The molecule has 20 heavy (non-hydrogen) atoms. The first-order valence-electron chi connectivity index (χ1n) is 6.73. The van der Waals surface area contributed by atoms with E-state index in [0.29, 0.717) is 12.1 Å². The molecule has 1 saturated carbocycles. The lowest BCUT2D eigenvalue weighted by Crippen LogP contribution is -2.45. The Hall–Kier alpha value is -1.66. The monoisotopic (exact) mass is 281 g/mol. The quantitative estimate of drug-likeness (QED) is 0.283. The van der Waals surface area contributed by atoms with Gasteiger partial charge in [-0.3, -0.25) is 0 Å². The zero-order valence-electron chi connectivity index (χ0n) is 11.3. The summed E-state index contributed by atoms with van der Waals surface area (Å²) in [6, 6.07) is 4.77. The summed E-state index contributed by atoms with van der Waals surface area (Å²) in [5.74, 6) is -0.747. The molecule has 1 fully saturated rings. The van der Waals surface area contributed by atoms with Crippen molar-refractivity contribution in [2.75, 3.05) is 6.61 Å². The van der Waals surface area contributed by atoms with Crippen LogP contribution in [0.4, 0.5) is 4.39 Å². The minimum atomic E-state index is -0.499. The van der Waals surface area contributed by atoms with Gasteiger partial charge in [0.05, 0.1) is 12.2 Å². The predicted molar refractivity (Wildman–Crippen MR) is 74.0 cm³/mol. The van der Waals surface area contributed by atoms with E-state index in [1.807, 2.05) is 0 Å². The van der Waals surface area contributed by atoms with E-state index in [2.05, 4.69) is 10.5 Å². The molecular weight excluding hydrogens is 261 g/mol. The van der Waals surface area contributed by atoms with Crippen molar-refractivity contribution in [3.8, 4) is 0 Å². The average molecular weight is 281 g/mol. The molecule has 0 aromatic heterocycles. The summed E-state index contributed by atoms with van der Waals surface area (Å²) >= 11 is 0. The van der Waals surface area contributed by atoms with E-state index in [4.69, 9.17) is 10.9 Å². The van der Waals surface area contributed by atoms with Crippen molar-refractivity contribution in [2.45, 2.75) is 37.8 Å². The fourth-order valence-corrected chi connectivity index (χ4v) is 2.69. The van der Waals surface area contributed by atoms with Crippen LogP contribution < -0.4 is 11.1 Å². The van der Waals surface area contributed by atoms with Crippen molar-refractivity contribution in [1.29, 1.82) is 0 Å². The van der Waals surface area contributed by atoms with Crippen LogP contribution in [0.1, 0.15) is 36.8 Å². The number of nitrogens with one attached hydrogen (secondary N) is 1. The SMILES string of the molecule is N/C(=N/O)c1cccc(CNC2(CO)CCCC2)c1F. The number of aliphatic hydroxyl groups is 1. The van der Waals surface area contributed by atoms with Crippen LogP contribution in [0.5, 0.6) is 0 Å². The summed E-state index contributed by atoms with van der Waals surface area (Å²) in [6.45, 7) is 0.355. The molecule has 5 nitrogen and oxygen atoms in total. The lowest BCUT2D eigenvalue weighted by atomic mass is 9.98. The Labute approximate surface area is 117 Å². The standard InChI is InChI=1S/C14H20FN3O2/c15-12-10(4-3-5-11(12)13(16)18-20)8-17-14(9-19)6-1-2-7-14/h3-5,17,19-20H,1-2,6-9H2,(H2,16,18). The number of hydrogen-bond donors (Lipinski definition) is 4. The second-order valence-corrected chi connectivity index (χ2v) is 5.26. The van der Waals surface area contributed by atoms with Crippen molar-refractivity contribution in [2.24, 2.45) is 10.9 Å². The van der Waals surface area contributed by atoms with E-state index in [-0.39, 0.29) is 23.5 Å². The van der Waals surface area contributed by atoms with Crippen LogP contribution in [-0.4, -0.2) is 28.3 Å². The molecule has 6 heteroatoms. The number of nitrogens with two attached hydrogens (primary N) is 1. The highest BCUT2D eigenvalue weighted by Gasteiger charge is 2.32. The first-order valence-corrected chi connectivity index (χ1v) is 6.73. The van der Waals surface area contributed by atoms with Crippen LogP contribution in [0.25, 0.3) is 0 Å². The van der Waals surface area contributed by atoms with Gasteiger partial charge in [0.1, 0.15) is 5.82 Å². The van der Waals surface area contributed by atoms with Crippen LogP contribution >= 0.6 is 0 Å². The van der Waals surface area contributed by atoms with E-state index in [1.165, 1.54) is 6.07 Å². The van der Waals surface area contributed by atoms with Crippen molar-refractivity contribution in [3.05, 3.63) is 35.1 Å². The molecule has 1 aliphatic rings. The maximum Gasteiger partial charge on any atom is 0.173 e. The Balaban J connectivity index is 2.14. The van der Waals surface area contributed by atoms with Gasteiger partial charge < -0.3 is 21.4 Å². The van der Waals surface area contributed by atoms with Gasteiger partial charge in [0.15, 0.2) is 5.84 Å². The number of hydrogen-bond acceptors (Lipinski definition) is 4. The zero-order valence-corrected chi connectivity index (χ0v) is 11.3. The Morgan fingerprint density at radius 2 is 2.10 bits per heavy atom. The minimum absolute atomic E-state index is 0.0501. The Bertz CT molecular complexity index is 499. The molecule has 0 spiro atoms. The largest absolute Gasteiger partial charge is 0.409 e. The summed E-state index contributed by atoms with van der Waals surface area (Å²) in [7, 11) is 0. The van der Waals surface area contributed by atoms with Gasteiger partial charge in [0, 0.05) is 17.6 Å². The molecule has 1 aromatic rings. The third-order valence-electron chi connectivity index (χ3n) is 3.98. The van der Waals surface area contributed by atoms with E-state index < -0.39 is 5.82 Å². The van der Waals surface area contributed by atoms with Gasteiger partial charge in [0.2, 0.25) is 0 Å². The van der Waals surface area contributed by atoms with Crippen LogP contribution in [-0.2, 0) is 6.54 Å². The van der Waals surface area contributed by atoms with Crippen molar-refractivity contribution in [3.63, 3.8) is 0 Å². The maximum absolute atomic E-state index is 14.2. The number of rotatable bonds is 5. The first kappa shape index (κ1) is 14.7. The number of halogens is 1. The molecule has 5 N–H and O–H groups in total. The molecule has 0 unspecified atom stereocenters. The summed E-state index contributed by atoms with van der Waals surface area (Å²) < 4.78 is 14.2. The Kier molecular flexibility index (Phi) is 4.57. The second kappa shape index (κ2) is 6.19. The van der Waals surface area contributed by atoms with E-state index in [9.17, 15) is 9.50 Å². The van der Waals surface area contributed by atoms with Crippen molar-refractivity contribution >= 4 is 5.84 Å². The molecule has 0 bridgehead atoms. The van der Waals surface area contributed by atoms with Gasteiger partial charge in [-0.25, -0.2) is 4.39 Å². The fourth-order valence-electron chi connectivity index (χ4n) is 2.69. The normalized spacial score (nSPS) is 18.4. The zero-order chi connectivity index (χ0) is 14.6. The number of amidine groups is 1. The van der Waals surface area contributed by atoms with Crippen molar-refractivity contribution < 1.29 is 14.7 Å². The third kappa shape index (κ3) is 2.91. The third-order valence-corrected chi connectivity index (χ3v) is 3.98.